The van der Waals surface area contributed by atoms with Crippen molar-refractivity contribution in [1.29, 1.82) is 0 Å². The van der Waals surface area contributed by atoms with Crippen molar-refractivity contribution in [3.05, 3.63) is 59.2 Å². The first-order valence-electron chi connectivity index (χ1n) is 9.55. The number of halogens is 1. The molecule has 6 nitrogen and oxygen atoms in total. The van der Waals surface area contributed by atoms with Gasteiger partial charge in [0.15, 0.2) is 5.96 Å². The van der Waals surface area contributed by atoms with E-state index in [-0.39, 0.29) is 12.4 Å². The quantitative estimate of drug-likeness (QED) is 0.372. The van der Waals surface area contributed by atoms with Crippen LogP contribution >= 0.6 is 0 Å². The molecule has 0 aliphatic rings. The van der Waals surface area contributed by atoms with Gasteiger partial charge in [-0.1, -0.05) is 12.1 Å². The predicted octanol–water partition coefficient (Wildman–Crippen LogP) is 3.20. The highest BCUT2D eigenvalue weighted by Crippen LogP contribution is 2.21. The van der Waals surface area contributed by atoms with Crippen molar-refractivity contribution in [2.45, 2.75) is 33.9 Å². The lowest BCUT2D eigenvalue weighted by molar-refractivity contribution is 0.110. The zero-order valence-corrected chi connectivity index (χ0v) is 16.8. The summed E-state index contributed by atoms with van der Waals surface area (Å²) >= 11 is 0. The summed E-state index contributed by atoms with van der Waals surface area (Å²) in [5.74, 6) is 1.05. The molecule has 0 aliphatic carbocycles. The van der Waals surface area contributed by atoms with Gasteiger partial charge in [0.05, 0.1) is 25.4 Å². The molecule has 0 unspecified atom stereocenters. The fourth-order valence-corrected chi connectivity index (χ4v) is 2.50. The van der Waals surface area contributed by atoms with E-state index in [2.05, 4.69) is 20.6 Å². The molecule has 2 rings (SSSR count). The summed E-state index contributed by atoms with van der Waals surface area (Å²) in [7, 11) is 0. The van der Waals surface area contributed by atoms with E-state index < -0.39 is 0 Å². The van der Waals surface area contributed by atoms with Crippen LogP contribution in [0.4, 0.5) is 4.39 Å². The van der Waals surface area contributed by atoms with E-state index in [1.807, 2.05) is 39.0 Å². The molecule has 0 amide bonds. The van der Waals surface area contributed by atoms with Crippen LogP contribution in [0.5, 0.6) is 5.75 Å². The van der Waals surface area contributed by atoms with Crippen molar-refractivity contribution in [1.82, 2.24) is 15.6 Å². The number of hydrogen-bond donors (Lipinski definition) is 2. The van der Waals surface area contributed by atoms with Crippen molar-refractivity contribution in [3.63, 3.8) is 0 Å². The number of hydrogen-bond acceptors (Lipinski definition) is 4. The first-order valence-corrected chi connectivity index (χ1v) is 9.55. The average Bonchev–Trinajstić information content (AvgIpc) is 2.69. The second-order valence-electron chi connectivity index (χ2n) is 6.14. The van der Waals surface area contributed by atoms with Crippen LogP contribution in [0.2, 0.25) is 0 Å². The second kappa shape index (κ2) is 11.9. The van der Waals surface area contributed by atoms with E-state index in [0.717, 1.165) is 16.9 Å². The van der Waals surface area contributed by atoms with Gasteiger partial charge in [0.1, 0.15) is 18.2 Å². The zero-order chi connectivity index (χ0) is 20.2. The number of aryl methyl sites for hydroxylation is 1. The van der Waals surface area contributed by atoms with Crippen LogP contribution in [-0.2, 0) is 17.8 Å². The van der Waals surface area contributed by atoms with Crippen LogP contribution in [0.1, 0.15) is 30.7 Å². The molecule has 1 heterocycles. The normalized spacial score (nSPS) is 11.4. The standard InChI is InChI=1S/C21H29FN4O2/c1-4-23-21(26-15-19-18(22)7-6-10-24-19)25-14-17-9-8-16(3)13-20(17)28-12-11-27-5-2/h6-10,13H,4-5,11-12,14-15H2,1-3H3,(H2,23,25,26). The van der Waals surface area contributed by atoms with Crippen molar-refractivity contribution >= 4 is 5.96 Å². The Balaban J connectivity index is 2.03. The molecule has 0 saturated carbocycles. The highest BCUT2D eigenvalue weighted by atomic mass is 19.1. The molecule has 0 spiro atoms. The van der Waals surface area contributed by atoms with Crippen molar-refractivity contribution < 1.29 is 13.9 Å². The molecular formula is C21H29FN4O2. The largest absolute Gasteiger partial charge is 0.491 e. The minimum Gasteiger partial charge on any atom is -0.491 e. The Bertz CT molecular complexity index is 768. The van der Waals surface area contributed by atoms with E-state index in [9.17, 15) is 4.39 Å². The molecule has 1 aromatic heterocycles. The van der Waals surface area contributed by atoms with Crippen molar-refractivity contribution in [2.75, 3.05) is 26.4 Å². The zero-order valence-electron chi connectivity index (χ0n) is 16.8. The van der Waals surface area contributed by atoms with Gasteiger partial charge in [-0.25, -0.2) is 9.38 Å². The molecular weight excluding hydrogens is 359 g/mol. The Kier molecular flexibility index (Phi) is 9.21. The van der Waals surface area contributed by atoms with E-state index in [1.54, 1.807) is 12.3 Å². The number of nitrogens with one attached hydrogen (secondary N) is 2. The van der Waals surface area contributed by atoms with Gasteiger partial charge in [0, 0.05) is 24.9 Å². The number of rotatable bonds is 10. The summed E-state index contributed by atoms with van der Waals surface area (Å²) in [4.78, 5) is 8.65. The first-order chi connectivity index (χ1) is 13.6. The lowest BCUT2D eigenvalue weighted by Crippen LogP contribution is -2.37. The minimum atomic E-state index is -0.339. The summed E-state index contributed by atoms with van der Waals surface area (Å²) in [5.41, 5.74) is 2.45. The average molecular weight is 388 g/mol. The molecule has 0 bridgehead atoms. The molecule has 2 N–H and O–H groups in total. The number of benzene rings is 1. The Morgan fingerprint density at radius 3 is 2.79 bits per heavy atom. The lowest BCUT2D eigenvalue weighted by atomic mass is 10.1. The molecule has 0 saturated heterocycles. The smallest absolute Gasteiger partial charge is 0.191 e. The summed E-state index contributed by atoms with van der Waals surface area (Å²) in [6, 6.07) is 9.01. The molecule has 0 aliphatic heterocycles. The molecule has 2 aromatic rings. The predicted molar refractivity (Wildman–Crippen MR) is 109 cm³/mol. The first kappa shape index (κ1) is 21.6. The van der Waals surface area contributed by atoms with Crippen LogP contribution < -0.4 is 15.4 Å². The topological polar surface area (TPSA) is 67.8 Å². The van der Waals surface area contributed by atoms with Gasteiger partial charge >= 0.3 is 0 Å². The Hall–Kier alpha value is -2.67. The fraction of sp³-hybridized carbons (Fsp3) is 0.429. The van der Waals surface area contributed by atoms with Crippen LogP contribution in [0.3, 0.4) is 0 Å². The number of pyridine rings is 1. The van der Waals surface area contributed by atoms with Gasteiger partial charge in [-0.3, -0.25) is 4.98 Å². The maximum absolute atomic E-state index is 13.8. The maximum atomic E-state index is 13.8. The number of nitrogens with zero attached hydrogens (tertiary/aromatic N) is 2. The van der Waals surface area contributed by atoms with Gasteiger partial charge in [-0.2, -0.15) is 0 Å². The lowest BCUT2D eigenvalue weighted by Gasteiger charge is -2.14. The molecule has 7 heteroatoms. The van der Waals surface area contributed by atoms with E-state index in [4.69, 9.17) is 9.47 Å². The Morgan fingerprint density at radius 2 is 2.04 bits per heavy atom. The van der Waals surface area contributed by atoms with Crippen LogP contribution in [0.15, 0.2) is 41.5 Å². The van der Waals surface area contributed by atoms with Crippen LogP contribution in [-0.4, -0.2) is 37.3 Å². The fourth-order valence-electron chi connectivity index (χ4n) is 2.50. The summed E-state index contributed by atoms with van der Waals surface area (Å²) in [6.07, 6.45) is 1.57. The number of aliphatic imine (C=N–C) groups is 1. The second-order valence-corrected chi connectivity index (χ2v) is 6.14. The monoisotopic (exact) mass is 388 g/mol. The number of guanidine groups is 1. The molecule has 0 atom stereocenters. The molecule has 152 valence electrons. The third-order valence-corrected chi connectivity index (χ3v) is 3.92. The highest BCUT2D eigenvalue weighted by molar-refractivity contribution is 5.79. The molecule has 0 fully saturated rings. The SMILES string of the molecule is CCNC(=NCc1ccc(C)cc1OCCOCC)NCc1ncccc1F. The van der Waals surface area contributed by atoms with E-state index in [1.165, 1.54) is 6.07 Å². The molecule has 1 aromatic carbocycles. The Morgan fingerprint density at radius 1 is 1.18 bits per heavy atom. The van der Waals surface area contributed by atoms with Crippen LogP contribution in [0.25, 0.3) is 0 Å². The number of ether oxygens (including phenoxy) is 2. The highest BCUT2D eigenvalue weighted by Gasteiger charge is 2.07. The third-order valence-electron chi connectivity index (χ3n) is 3.92. The molecule has 28 heavy (non-hydrogen) atoms. The third kappa shape index (κ3) is 7.15. The summed E-state index contributed by atoms with van der Waals surface area (Å²) in [6.45, 7) is 9.05. The van der Waals surface area contributed by atoms with Gasteiger partial charge < -0.3 is 20.1 Å². The summed E-state index contributed by atoms with van der Waals surface area (Å²) in [5, 5.41) is 6.28. The molecule has 0 radical (unpaired) electrons. The van der Waals surface area contributed by atoms with E-state index >= 15 is 0 Å². The Labute approximate surface area is 166 Å². The van der Waals surface area contributed by atoms with Crippen molar-refractivity contribution in [3.8, 4) is 5.75 Å². The van der Waals surface area contributed by atoms with Gasteiger partial charge in [0.25, 0.3) is 0 Å². The van der Waals surface area contributed by atoms with Crippen LogP contribution in [0, 0.1) is 12.7 Å². The van der Waals surface area contributed by atoms with Gasteiger partial charge in [0.2, 0.25) is 0 Å². The van der Waals surface area contributed by atoms with Gasteiger partial charge in [-0.15, -0.1) is 0 Å². The van der Waals surface area contributed by atoms with E-state index in [0.29, 0.717) is 44.6 Å². The minimum absolute atomic E-state index is 0.254. The van der Waals surface area contributed by atoms with Crippen molar-refractivity contribution in [2.24, 2.45) is 4.99 Å². The number of aromatic nitrogens is 1. The maximum Gasteiger partial charge on any atom is 0.191 e. The van der Waals surface area contributed by atoms with Gasteiger partial charge in [-0.05, 0) is 44.5 Å². The summed E-state index contributed by atoms with van der Waals surface area (Å²) < 4.78 is 24.9.